The third-order valence-corrected chi connectivity index (χ3v) is 3.69. The Kier molecular flexibility index (Phi) is 4.21. The first-order valence-electron chi connectivity index (χ1n) is 5.07. The lowest BCUT2D eigenvalue weighted by atomic mass is 9.91. The third-order valence-electron chi connectivity index (χ3n) is 2.44. The molecular weight excluding hydrogens is 208 g/mol. The van der Waals surface area contributed by atoms with Gasteiger partial charge in [0.1, 0.15) is 0 Å². The minimum atomic E-state index is 0.383. The molecule has 0 heterocycles. The number of benzene rings is 1. The second-order valence-electron chi connectivity index (χ2n) is 4.21. The average molecular weight is 225 g/mol. The maximum absolute atomic E-state index is 5.98. The number of halogens is 1. The Morgan fingerprint density at radius 2 is 1.71 bits per heavy atom. The summed E-state index contributed by atoms with van der Waals surface area (Å²) in [5.41, 5.74) is 2.90. The summed E-state index contributed by atoms with van der Waals surface area (Å²) in [6, 6.07) is 6.49. The highest BCUT2D eigenvalue weighted by atomic mass is 35.6. The van der Waals surface area contributed by atoms with Gasteiger partial charge in [0.2, 0.25) is 8.83 Å². The molecule has 76 valence electrons. The maximum atomic E-state index is 5.98. The molecule has 0 aliphatic heterocycles. The minimum Gasteiger partial charge on any atom is -0.165 e. The van der Waals surface area contributed by atoms with Crippen LogP contribution >= 0.6 is 11.1 Å². The Labute approximate surface area is 94.2 Å². The highest BCUT2D eigenvalue weighted by Crippen LogP contribution is 2.24. The van der Waals surface area contributed by atoms with Crippen LogP contribution in [0.1, 0.15) is 50.7 Å². The SMILES string of the molecule is CC(C)c1cccc([Si]Cl)c1C(C)C. The van der Waals surface area contributed by atoms with Crippen molar-refractivity contribution in [3.05, 3.63) is 29.3 Å². The van der Waals surface area contributed by atoms with Crippen molar-refractivity contribution >= 4 is 25.1 Å². The van der Waals surface area contributed by atoms with Crippen molar-refractivity contribution in [1.82, 2.24) is 0 Å². The van der Waals surface area contributed by atoms with E-state index in [1.807, 2.05) is 0 Å². The van der Waals surface area contributed by atoms with E-state index in [0.717, 1.165) is 0 Å². The number of hydrogen-bond acceptors (Lipinski definition) is 0. The molecule has 0 amide bonds. The molecule has 1 aromatic rings. The molecule has 2 heteroatoms. The van der Waals surface area contributed by atoms with E-state index in [0.29, 0.717) is 20.7 Å². The predicted octanol–water partition coefficient (Wildman–Crippen LogP) is 3.42. The van der Waals surface area contributed by atoms with Crippen molar-refractivity contribution < 1.29 is 0 Å². The third kappa shape index (κ3) is 2.40. The molecule has 0 nitrogen and oxygen atoms in total. The van der Waals surface area contributed by atoms with Crippen molar-refractivity contribution in [2.24, 2.45) is 0 Å². The normalized spacial score (nSPS) is 11.4. The molecule has 0 atom stereocenters. The van der Waals surface area contributed by atoms with E-state index in [-0.39, 0.29) is 0 Å². The van der Waals surface area contributed by atoms with Crippen LogP contribution in [0.3, 0.4) is 0 Å². The Morgan fingerprint density at radius 1 is 1.07 bits per heavy atom. The molecule has 1 aromatic carbocycles. The molecule has 0 N–H and O–H groups in total. The Bertz CT molecular complexity index is 305. The van der Waals surface area contributed by atoms with E-state index >= 15 is 0 Å². The van der Waals surface area contributed by atoms with Crippen molar-refractivity contribution in [2.45, 2.75) is 39.5 Å². The Morgan fingerprint density at radius 3 is 2.14 bits per heavy atom. The van der Waals surface area contributed by atoms with Crippen molar-refractivity contribution in [3.8, 4) is 0 Å². The average Bonchev–Trinajstić information content (AvgIpc) is 2.16. The lowest BCUT2D eigenvalue weighted by Gasteiger charge is -2.18. The molecule has 0 saturated heterocycles. The van der Waals surface area contributed by atoms with Gasteiger partial charge in [0.25, 0.3) is 0 Å². The fourth-order valence-electron chi connectivity index (χ4n) is 1.81. The molecule has 0 spiro atoms. The van der Waals surface area contributed by atoms with Crippen LogP contribution in [0.5, 0.6) is 0 Å². The van der Waals surface area contributed by atoms with Crippen molar-refractivity contribution in [2.75, 3.05) is 0 Å². The van der Waals surface area contributed by atoms with Crippen LogP contribution in [0, 0.1) is 0 Å². The molecule has 0 aliphatic rings. The minimum absolute atomic E-state index is 0.383. The second kappa shape index (κ2) is 4.99. The van der Waals surface area contributed by atoms with E-state index in [2.05, 4.69) is 45.9 Å². The van der Waals surface area contributed by atoms with Crippen LogP contribution < -0.4 is 5.19 Å². The van der Waals surface area contributed by atoms with Crippen LogP contribution in [0.4, 0.5) is 0 Å². The van der Waals surface area contributed by atoms with Crippen LogP contribution in [-0.4, -0.2) is 8.83 Å². The standard InChI is InChI=1S/C12H17ClSi/c1-8(2)10-6-5-7-11(14-13)12(10)9(3)4/h5-9H,1-4H3. The number of hydrogen-bond donors (Lipinski definition) is 0. The van der Waals surface area contributed by atoms with Gasteiger partial charge in [-0.3, -0.25) is 0 Å². The Hall–Kier alpha value is -0.273. The second-order valence-corrected chi connectivity index (χ2v) is 5.51. The van der Waals surface area contributed by atoms with Crippen molar-refractivity contribution in [3.63, 3.8) is 0 Å². The van der Waals surface area contributed by atoms with E-state index < -0.39 is 0 Å². The quantitative estimate of drug-likeness (QED) is 0.545. The van der Waals surface area contributed by atoms with Gasteiger partial charge in [0.15, 0.2) is 0 Å². The summed E-state index contributed by atoms with van der Waals surface area (Å²) in [5.74, 6) is 1.15. The van der Waals surface area contributed by atoms with E-state index in [4.69, 9.17) is 11.1 Å². The van der Waals surface area contributed by atoms with Gasteiger partial charge in [-0.2, -0.15) is 11.1 Å². The summed E-state index contributed by atoms with van der Waals surface area (Å²) in [6.45, 7) is 8.95. The lowest BCUT2D eigenvalue weighted by molar-refractivity contribution is 0.795. The molecule has 0 bridgehead atoms. The smallest absolute Gasteiger partial charge is 0.165 e. The highest BCUT2D eigenvalue weighted by molar-refractivity contribution is 7.01. The molecule has 0 saturated carbocycles. The van der Waals surface area contributed by atoms with Crippen LogP contribution in [0.2, 0.25) is 0 Å². The van der Waals surface area contributed by atoms with Gasteiger partial charge in [-0.1, -0.05) is 45.9 Å². The van der Waals surface area contributed by atoms with Gasteiger partial charge in [0.05, 0.1) is 0 Å². The van der Waals surface area contributed by atoms with Gasteiger partial charge in [-0.25, -0.2) is 0 Å². The van der Waals surface area contributed by atoms with Gasteiger partial charge < -0.3 is 0 Å². The highest BCUT2D eigenvalue weighted by Gasteiger charge is 2.13. The van der Waals surface area contributed by atoms with E-state index in [9.17, 15) is 0 Å². The summed E-state index contributed by atoms with van der Waals surface area (Å²) in [6.07, 6.45) is 0. The molecule has 0 fully saturated rings. The zero-order chi connectivity index (χ0) is 10.7. The zero-order valence-electron chi connectivity index (χ0n) is 9.26. The predicted molar refractivity (Wildman–Crippen MR) is 65.9 cm³/mol. The topological polar surface area (TPSA) is 0 Å². The first-order valence-corrected chi connectivity index (χ1v) is 7.08. The van der Waals surface area contributed by atoms with Crippen LogP contribution in [0.15, 0.2) is 18.2 Å². The fourth-order valence-corrected chi connectivity index (χ4v) is 3.00. The van der Waals surface area contributed by atoms with Gasteiger partial charge in [-0.15, -0.1) is 0 Å². The molecule has 0 unspecified atom stereocenters. The number of rotatable bonds is 3. The lowest BCUT2D eigenvalue weighted by Crippen LogP contribution is -2.19. The van der Waals surface area contributed by atoms with Crippen molar-refractivity contribution in [1.29, 1.82) is 0 Å². The molecule has 2 radical (unpaired) electrons. The largest absolute Gasteiger partial charge is 0.210 e. The van der Waals surface area contributed by atoms with E-state index in [1.165, 1.54) is 16.3 Å². The summed E-state index contributed by atoms with van der Waals surface area (Å²) >= 11 is 5.98. The van der Waals surface area contributed by atoms with Crippen LogP contribution in [-0.2, 0) is 0 Å². The Balaban J connectivity index is 3.28. The molecule has 1 rings (SSSR count). The van der Waals surface area contributed by atoms with Gasteiger partial charge in [-0.05, 0) is 28.1 Å². The van der Waals surface area contributed by atoms with E-state index in [1.54, 1.807) is 0 Å². The monoisotopic (exact) mass is 224 g/mol. The van der Waals surface area contributed by atoms with Gasteiger partial charge >= 0.3 is 0 Å². The summed E-state index contributed by atoms with van der Waals surface area (Å²) in [5, 5.41) is 1.31. The summed E-state index contributed by atoms with van der Waals surface area (Å²) < 4.78 is 0. The first kappa shape index (κ1) is 11.8. The molecule has 0 aromatic heterocycles. The molecule has 14 heavy (non-hydrogen) atoms. The summed E-state index contributed by atoms with van der Waals surface area (Å²) in [4.78, 5) is 0. The summed E-state index contributed by atoms with van der Waals surface area (Å²) in [7, 11) is 0.383. The molecular formula is C12H17ClSi. The zero-order valence-corrected chi connectivity index (χ0v) is 11.0. The van der Waals surface area contributed by atoms with Gasteiger partial charge in [0, 0.05) is 0 Å². The molecule has 0 aliphatic carbocycles. The first-order chi connectivity index (χ1) is 6.57. The fraction of sp³-hybridized carbons (Fsp3) is 0.500. The maximum Gasteiger partial charge on any atom is 0.210 e. The van der Waals surface area contributed by atoms with Crippen LogP contribution in [0.25, 0.3) is 0 Å².